The second kappa shape index (κ2) is 6.75. The fraction of sp³-hybridized carbons (Fsp3) is 0.667. The minimum Gasteiger partial charge on any atom is -0.344 e. The number of amides is 1. The first kappa shape index (κ1) is 15.0. The Bertz CT molecular complexity index is 393. The molecule has 0 spiro atoms. The number of likely N-dealkylation sites (N-methyl/N-ethyl adjacent to an activating group) is 2. The van der Waals surface area contributed by atoms with E-state index in [1.807, 2.05) is 25.2 Å². The summed E-state index contributed by atoms with van der Waals surface area (Å²) in [6.45, 7) is 1.60. The maximum atomic E-state index is 12.2. The summed E-state index contributed by atoms with van der Waals surface area (Å²) in [4.78, 5) is 14.0. The number of fused-ring (bicyclic) bond motifs is 1. The molecule has 1 aromatic rings. The van der Waals surface area contributed by atoms with Gasteiger partial charge in [-0.05, 0) is 25.5 Å². The van der Waals surface area contributed by atoms with Crippen LogP contribution in [0.4, 0.5) is 0 Å². The van der Waals surface area contributed by atoms with Gasteiger partial charge >= 0.3 is 0 Å². The monoisotopic (exact) mass is 272 g/mol. The molecule has 5 nitrogen and oxygen atoms in total. The first-order chi connectivity index (χ1) is 8.22. The summed E-state index contributed by atoms with van der Waals surface area (Å²) in [5.74, 6) is 0.366. The van der Waals surface area contributed by atoms with Crippen molar-refractivity contribution < 1.29 is 4.79 Å². The number of aromatic nitrogens is 2. The van der Waals surface area contributed by atoms with E-state index in [-0.39, 0.29) is 24.2 Å². The number of aromatic amines is 1. The number of nitrogens with zero attached hydrogens (tertiary/aromatic N) is 2. The molecule has 0 saturated heterocycles. The molecule has 0 aromatic carbocycles. The Balaban J connectivity index is 0.00000162. The van der Waals surface area contributed by atoms with E-state index in [2.05, 4.69) is 15.5 Å². The van der Waals surface area contributed by atoms with Crippen molar-refractivity contribution in [2.75, 3.05) is 27.2 Å². The van der Waals surface area contributed by atoms with Crippen LogP contribution in [0.3, 0.4) is 0 Å². The van der Waals surface area contributed by atoms with Gasteiger partial charge in [-0.25, -0.2) is 0 Å². The number of aryl methyl sites for hydroxylation is 1. The normalized spacial score (nSPS) is 17.8. The molecule has 0 aliphatic heterocycles. The summed E-state index contributed by atoms with van der Waals surface area (Å²) in [5, 5.41) is 10.1. The zero-order valence-corrected chi connectivity index (χ0v) is 11.7. The third kappa shape index (κ3) is 3.23. The summed E-state index contributed by atoms with van der Waals surface area (Å²) >= 11 is 0. The number of rotatable bonds is 4. The Morgan fingerprint density at radius 2 is 2.44 bits per heavy atom. The van der Waals surface area contributed by atoms with Gasteiger partial charge < -0.3 is 10.2 Å². The van der Waals surface area contributed by atoms with E-state index in [4.69, 9.17) is 0 Å². The molecule has 1 unspecified atom stereocenters. The predicted octanol–water partition coefficient (Wildman–Crippen LogP) is 0.614. The van der Waals surface area contributed by atoms with Gasteiger partial charge in [0.05, 0.1) is 6.20 Å². The fourth-order valence-electron chi connectivity index (χ4n) is 2.32. The number of hydrogen-bond donors (Lipinski definition) is 2. The molecule has 0 fully saturated rings. The summed E-state index contributed by atoms with van der Waals surface area (Å²) in [7, 11) is 3.78. The maximum Gasteiger partial charge on any atom is 0.225 e. The summed E-state index contributed by atoms with van der Waals surface area (Å²) < 4.78 is 0. The minimum atomic E-state index is 0. The van der Waals surface area contributed by atoms with E-state index in [9.17, 15) is 4.79 Å². The highest BCUT2D eigenvalue weighted by atomic mass is 35.5. The molecule has 1 amide bonds. The SMILES string of the molecule is CNCCN(C)C(=O)C1CCc2cn[nH]c2C1.Cl. The van der Waals surface area contributed by atoms with Crippen molar-refractivity contribution >= 4 is 18.3 Å². The van der Waals surface area contributed by atoms with Crippen LogP contribution in [0.15, 0.2) is 6.20 Å². The van der Waals surface area contributed by atoms with Crippen LogP contribution in [-0.2, 0) is 17.6 Å². The molecule has 18 heavy (non-hydrogen) atoms. The molecule has 1 aromatic heterocycles. The molecule has 1 atom stereocenters. The Morgan fingerprint density at radius 3 is 3.17 bits per heavy atom. The molecule has 0 saturated carbocycles. The van der Waals surface area contributed by atoms with Gasteiger partial charge in [0, 0.05) is 38.2 Å². The van der Waals surface area contributed by atoms with E-state index in [1.54, 1.807) is 0 Å². The Hall–Kier alpha value is -1.07. The molecule has 1 heterocycles. The topological polar surface area (TPSA) is 61.0 Å². The third-order valence-electron chi connectivity index (χ3n) is 3.44. The van der Waals surface area contributed by atoms with Gasteiger partial charge in [0.2, 0.25) is 5.91 Å². The number of hydrogen-bond acceptors (Lipinski definition) is 3. The van der Waals surface area contributed by atoms with Crippen molar-refractivity contribution in [1.82, 2.24) is 20.4 Å². The van der Waals surface area contributed by atoms with Crippen LogP contribution in [0.2, 0.25) is 0 Å². The van der Waals surface area contributed by atoms with E-state index >= 15 is 0 Å². The van der Waals surface area contributed by atoms with E-state index in [1.165, 1.54) is 5.56 Å². The molecular weight excluding hydrogens is 252 g/mol. The van der Waals surface area contributed by atoms with E-state index in [0.29, 0.717) is 0 Å². The van der Waals surface area contributed by atoms with Gasteiger partial charge in [-0.3, -0.25) is 9.89 Å². The van der Waals surface area contributed by atoms with Gasteiger partial charge in [0.25, 0.3) is 0 Å². The molecule has 2 rings (SSSR count). The first-order valence-electron chi connectivity index (χ1n) is 6.13. The van der Waals surface area contributed by atoms with Gasteiger partial charge in [0.1, 0.15) is 0 Å². The molecular formula is C12H21ClN4O. The molecule has 0 bridgehead atoms. The molecule has 102 valence electrons. The summed E-state index contributed by atoms with van der Waals surface area (Å²) in [6.07, 6.45) is 4.58. The zero-order chi connectivity index (χ0) is 12.3. The van der Waals surface area contributed by atoms with Crippen LogP contribution < -0.4 is 5.32 Å². The predicted molar refractivity (Wildman–Crippen MR) is 72.9 cm³/mol. The number of halogens is 1. The largest absolute Gasteiger partial charge is 0.344 e. The highest BCUT2D eigenvalue weighted by molar-refractivity contribution is 5.85. The van der Waals surface area contributed by atoms with Crippen LogP contribution in [-0.4, -0.2) is 48.2 Å². The number of carbonyl (C=O) groups is 1. The van der Waals surface area contributed by atoms with Crippen LogP contribution in [0.1, 0.15) is 17.7 Å². The highest BCUT2D eigenvalue weighted by Crippen LogP contribution is 2.24. The molecule has 1 aliphatic rings. The van der Waals surface area contributed by atoms with Gasteiger partial charge in [-0.15, -0.1) is 12.4 Å². The smallest absolute Gasteiger partial charge is 0.225 e. The Labute approximate surface area is 114 Å². The van der Waals surface area contributed by atoms with Crippen molar-refractivity contribution in [2.24, 2.45) is 5.92 Å². The van der Waals surface area contributed by atoms with Crippen molar-refractivity contribution in [3.63, 3.8) is 0 Å². The Morgan fingerprint density at radius 1 is 1.67 bits per heavy atom. The van der Waals surface area contributed by atoms with Crippen molar-refractivity contribution in [3.05, 3.63) is 17.5 Å². The van der Waals surface area contributed by atoms with Crippen molar-refractivity contribution in [2.45, 2.75) is 19.3 Å². The van der Waals surface area contributed by atoms with Gasteiger partial charge in [-0.1, -0.05) is 0 Å². The number of carbonyl (C=O) groups excluding carboxylic acids is 1. The third-order valence-corrected chi connectivity index (χ3v) is 3.44. The molecule has 2 N–H and O–H groups in total. The fourth-order valence-corrected chi connectivity index (χ4v) is 2.32. The zero-order valence-electron chi connectivity index (χ0n) is 10.9. The van der Waals surface area contributed by atoms with E-state index < -0.39 is 0 Å². The lowest BCUT2D eigenvalue weighted by Crippen LogP contribution is -2.38. The second-order valence-electron chi connectivity index (χ2n) is 4.68. The van der Waals surface area contributed by atoms with Gasteiger partial charge in [0.15, 0.2) is 0 Å². The quantitative estimate of drug-likeness (QED) is 0.845. The van der Waals surface area contributed by atoms with Crippen molar-refractivity contribution in [3.8, 4) is 0 Å². The lowest BCUT2D eigenvalue weighted by atomic mass is 9.87. The number of nitrogens with one attached hydrogen (secondary N) is 2. The second-order valence-corrected chi connectivity index (χ2v) is 4.68. The first-order valence-corrected chi connectivity index (χ1v) is 6.13. The highest BCUT2D eigenvalue weighted by Gasteiger charge is 2.27. The van der Waals surface area contributed by atoms with Gasteiger partial charge in [-0.2, -0.15) is 5.10 Å². The lowest BCUT2D eigenvalue weighted by Gasteiger charge is -2.26. The standard InChI is InChI=1S/C12H20N4O.ClH/c1-13-5-6-16(2)12(17)9-3-4-10-8-14-15-11(10)7-9;/h8-9,13H,3-7H2,1-2H3,(H,14,15);1H. The van der Waals surface area contributed by atoms with Crippen LogP contribution in [0, 0.1) is 5.92 Å². The maximum absolute atomic E-state index is 12.2. The van der Waals surface area contributed by atoms with Crippen LogP contribution in [0.25, 0.3) is 0 Å². The molecule has 6 heteroatoms. The van der Waals surface area contributed by atoms with Crippen LogP contribution >= 0.6 is 12.4 Å². The average Bonchev–Trinajstić information content (AvgIpc) is 2.81. The Kier molecular flexibility index (Phi) is 5.62. The lowest BCUT2D eigenvalue weighted by molar-refractivity contribution is -0.134. The van der Waals surface area contributed by atoms with E-state index in [0.717, 1.165) is 38.0 Å². The van der Waals surface area contributed by atoms with Crippen molar-refractivity contribution in [1.29, 1.82) is 0 Å². The summed E-state index contributed by atoms with van der Waals surface area (Å²) in [5.41, 5.74) is 2.41. The minimum absolute atomic E-state index is 0. The molecule has 0 radical (unpaired) electrons. The van der Waals surface area contributed by atoms with Crippen LogP contribution in [0.5, 0.6) is 0 Å². The molecule has 1 aliphatic carbocycles. The average molecular weight is 273 g/mol. The number of H-pyrrole nitrogens is 1. The summed E-state index contributed by atoms with van der Waals surface area (Å²) in [6, 6.07) is 0.